The maximum absolute atomic E-state index is 11.0. The van der Waals surface area contributed by atoms with Gasteiger partial charge in [0.1, 0.15) is 17.6 Å². The number of rotatable bonds is 3. The molecule has 1 heterocycles. The van der Waals surface area contributed by atoms with Crippen LogP contribution in [0.4, 0.5) is 0 Å². The van der Waals surface area contributed by atoms with Gasteiger partial charge < -0.3 is 8.84 Å². The number of benzene rings is 1. The Balaban J connectivity index is 2.50. The molecule has 2 aromatic rings. The third-order valence-corrected chi connectivity index (χ3v) is 8.21. The van der Waals surface area contributed by atoms with E-state index in [0.717, 1.165) is 17.4 Å². The fraction of sp³-hybridized carbons (Fsp3) is 0.400. The van der Waals surface area contributed by atoms with Crippen LogP contribution in [0.15, 0.2) is 28.9 Å². The van der Waals surface area contributed by atoms with Gasteiger partial charge in [0.15, 0.2) is 0 Å². The minimum atomic E-state index is -1.93. The lowest BCUT2D eigenvalue weighted by atomic mass is 10.2. The maximum atomic E-state index is 11.0. The predicted molar refractivity (Wildman–Crippen MR) is 79.4 cm³/mol. The van der Waals surface area contributed by atoms with E-state index in [9.17, 15) is 4.79 Å². The van der Waals surface area contributed by atoms with Gasteiger partial charge in [-0.15, -0.1) is 0 Å². The zero-order valence-electron chi connectivity index (χ0n) is 12.1. The monoisotopic (exact) mass is 276 g/mol. The molecular weight excluding hydrogens is 256 g/mol. The van der Waals surface area contributed by atoms with Crippen molar-refractivity contribution in [2.75, 3.05) is 0 Å². The lowest BCUT2D eigenvalue weighted by molar-refractivity contribution is 0.112. The van der Waals surface area contributed by atoms with Gasteiger partial charge in [-0.2, -0.15) is 0 Å². The van der Waals surface area contributed by atoms with Gasteiger partial charge in [0.05, 0.1) is 11.6 Å². The summed E-state index contributed by atoms with van der Waals surface area (Å²) in [6, 6.07) is 5.42. The first-order valence-corrected chi connectivity index (χ1v) is 9.31. The quantitative estimate of drug-likeness (QED) is 0.606. The largest absolute Gasteiger partial charge is 0.543 e. The number of hydrogen-bond donors (Lipinski definition) is 0. The van der Waals surface area contributed by atoms with Crippen LogP contribution in [0.3, 0.4) is 0 Å². The van der Waals surface area contributed by atoms with E-state index in [1.165, 1.54) is 0 Å². The average Bonchev–Trinajstić information content (AvgIpc) is 2.75. The molecule has 2 rings (SSSR count). The molecule has 1 aromatic carbocycles. The van der Waals surface area contributed by atoms with Crippen molar-refractivity contribution >= 4 is 25.6 Å². The molecule has 1 aromatic heterocycles. The molecule has 0 amide bonds. The molecule has 0 radical (unpaired) electrons. The van der Waals surface area contributed by atoms with Crippen molar-refractivity contribution in [3.63, 3.8) is 0 Å². The number of aldehydes is 1. The number of hydrogen-bond acceptors (Lipinski definition) is 3. The molecule has 0 saturated carbocycles. The Labute approximate surface area is 114 Å². The fourth-order valence-corrected chi connectivity index (χ4v) is 2.66. The van der Waals surface area contributed by atoms with Gasteiger partial charge in [0, 0.05) is 5.56 Å². The lowest BCUT2D eigenvalue weighted by Gasteiger charge is -2.36. The SMILES string of the molecule is CC(C)(C)[Si](C)(C)Oc1cc(C=O)cc2occc12. The molecule has 19 heavy (non-hydrogen) atoms. The van der Waals surface area contributed by atoms with Gasteiger partial charge >= 0.3 is 0 Å². The number of carbonyl (C=O) groups is 1. The van der Waals surface area contributed by atoms with Crippen molar-refractivity contribution in [2.45, 2.75) is 38.9 Å². The second kappa shape index (κ2) is 4.53. The Morgan fingerprint density at radius 2 is 1.95 bits per heavy atom. The molecule has 0 aliphatic heterocycles. The van der Waals surface area contributed by atoms with E-state index in [2.05, 4.69) is 33.9 Å². The van der Waals surface area contributed by atoms with Gasteiger partial charge in [0.2, 0.25) is 0 Å². The van der Waals surface area contributed by atoms with E-state index in [4.69, 9.17) is 8.84 Å². The van der Waals surface area contributed by atoms with Crippen molar-refractivity contribution in [3.05, 3.63) is 30.0 Å². The van der Waals surface area contributed by atoms with Crippen LogP contribution in [0.1, 0.15) is 31.1 Å². The van der Waals surface area contributed by atoms with E-state index in [0.29, 0.717) is 11.1 Å². The minimum Gasteiger partial charge on any atom is -0.543 e. The summed E-state index contributed by atoms with van der Waals surface area (Å²) in [6.45, 7) is 10.9. The molecule has 4 heteroatoms. The van der Waals surface area contributed by atoms with E-state index < -0.39 is 8.32 Å². The molecule has 0 bridgehead atoms. The summed E-state index contributed by atoms with van der Waals surface area (Å²) in [5, 5.41) is 1.04. The third kappa shape index (κ3) is 2.58. The van der Waals surface area contributed by atoms with Crippen molar-refractivity contribution in [2.24, 2.45) is 0 Å². The van der Waals surface area contributed by atoms with Crippen molar-refractivity contribution in [1.82, 2.24) is 0 Å². The standard InChI is InChI=1S/C15H20O3Si/c1-15(2,3)19(4,5)18-14-9-11(10-16)8-13-12(14)6-7-17-13/h6-10H,1-5H3. The molecule has 0 aliphatic rings. The zero-order chi connectivity index (χ0) is 14.3. The van der Waals surface area contributed by atoms with Gasteiger partial charge in [-0.25, -0.2) is 0 Å². The molecule has 0 N–H and O–H groups in total. The summed E-state index contributed by atoms with van der Waals surface area (Å²) < 4.78 is 11.7. The van der Waals surface area contributed by atoms with Crippen LogP contribution in [0.5, 0.6) is 5.75 Å². The topological polar surface area (TPSA) is 39.4 Å². The number of fused-ring (bicyclic) bond motifs is 1. The van der Waals surface area contributed by atoms with Crippen LogP contribution in [0.2, 0.25) is 18.1 Å². The van der Waals surface area contributed by atoms with E-state index in [1.54, 1.807) is 18.4 Å². The highest BCUT2D eigenvalue weighted by molar-refractivity contribution is 6.74. The first-order chi connectivity index (χ1) is 8.74. The maximum Gasteiger partial charge on any atom is 0.250 e. The molecule has 0 spiro atoms. The molecule has 102 valence electrons. The summed E-state index contributed by atoms with van der Waals surface area (Å²) in [6.07, 6.45) is 2.44. The van der Waals surface area contributed by atoms with E-state index >= 15 is 0 Å². The summed E-state index contributed by atoms with van der Waals surface area (Å²) in [4.78, 5) is 11.0. The smallest absolute Gasteiger partial charge is 0.250 e. The fourth-order valence-electron chi connectivity index (χ4n) is 1.64. The molecular formula is C15H20O3Si. The van der Waals surface area contributed by atoms with Gasteiger partial charge in [-0.3, -0.25) is 4.79 Å². The first-order valence-electron chi connectivity index (χ1n) is 6.40. The van der Waals surface area contributed by atoms with Gasteiger partial charge in [-0.05, 0) is 36.3 Å². The Morgan fingerprint density at radius 3 is 2.53 bits per heavy atom. The Morgan fingerprint density at radius 1 is 1.26 bits per heavy atom. The number of carbonyl (C=O) groups excluding carboxylic acids is 1. The van der Waals surface area contributed by atoms with Crippen LogP contribution in [0, 0.1) is 0 Å². The molecule has 0 saturated heterocycles. The van der Waals surface area contributed by atoms with Crippen LogP contribution in [0.25, 0.3) is 11.0 Å². The Bertz CT molecular complexity index is 605. The van der Waals surface area contributed by atoms with Gasteiger partial charge in [-0.1, -0.05) is 20.8 Å². The highest BCUT2D eigenvalue weighted by Gasteiger charge is 2.39. The summed E-state index contributed by atoms with van der Waals surface area (Å²) >= 11 is 0. The summed E-state index contributed by atoms with van der Waals surface area (Å²) in [7, 11) is -1.93. The van der Waals surface area contributed by atoms with Crippen molar-refractivity contribution in [3.8, 4) is 5.75 Å². The van der Waals surface area contributed by atoms with Crippen LogP contribution in [-0.4, -0.2) is 14.6 Å². The highest BCUT2D eigenvalue weighted by atomic mass is 28.4. The van der Waals surface area contributed by atoms with Crippen LogP contribution >= 0.6 is 0 Å². The molecule has 0 unspecified atom stereocenters. The average molecular weight is 276 g/mol. The predicted octanol–water partition coefficient (Wildman–Crippen LogP) is 4.63. The highest BCUT2D eigenvalue weighted by Crippen LogP contribution is 2.39. The second-order valence-corrected chi connectivity index (χ2v) is 11.1. The number of furan rings is 1. The molecule has 0 atom stereocenters. The lowest BCUT2D eigenvalue weighted by Crippen LogP contribution is -2.43. The van der Waals surface area contributed by atoms with E-state index in [-0.39, 0.29) is 5.04 Å². The Kier molecular flexibility index (Phi) is 3.30. The first kappa shape index (κ1) is 13.9. The zero-order valence-corrected chi connectivity index (χ0v) is 13.1. The van der Waals surface area contributed by atoms with Crippen molar-refractivity contribution in [1.29, 1.82) is 0 Å². The minimum absolute atomic E-state index is 0.111. The van der Waals surface area contributed by atoms with Crippen LogP contribution < -0.4 is 4.43 Å². The Hall–Kier alpha value is -1.55. The van der Waals surface area contributed by atoms with Crippen molar-refractivity contribution < 1.29 is 13.6 Å². The van der Waals surface area contributed by atoms with Gasteiger partial charge in [0.25, 0.3) is 8.32 Å². The molecule has 0 aliphatic carbocycles. The third-order valence-electron chi connectivity index (χ3n) is 3.86. The molecule has 3 nitrogen and oxygen atoms in total. The summed E-state index contributed by atoms with van der Waals surface area (Å²) in [5.74, 6) is 0.750. The second-order valence-electron chi connectivity index (χ2n) is 6.33. The normalized spacial score (nSPS) is 12.7. The summed E-state index contributed by atoms with van der Waals surface area (Å²) in [5.41, 5.74) is 1.27. The van der Waals surface area contributed by atoms with E-state index in [1.807, 2.05) is 6.07 Å². The molecule has 0 fully saturated rings. The van der Waals surface area contributed by atoms with Crippen LogP contribution in [-0.2, 0) is 0 Å².